The highest BCUT2D eigenvalue weighted by Crippen LogP contribution is 2.20. The third-order valence-electron chi connectivity index (χ3n) is 3.95. The molecule has 0 saturated heterocycles. The molecule has 4 nitrogen and oxygen atoms in total. The summed E-state index contributed by atoms with van der Waals surface area (Å²) in [5, 5.41) is 0.712. The summed E-state index contributed by atoms with van der Waals surface area (Å²) in [7, 11) is 0. The molecule has 28 heavy (non-hydrogen) atoms. The smallest absolute Gasteiger partial charge is 0.331 e. The van der Waals surface area contributed by atoms with Crippen molar-refractivity contribution in [3.63, 3.8) is 0 Å². The van der Waals surface area contributed by atoms with Gasteiger partial charge in [0.1, 0.15) is 11.4 Å². The number of rotatable bonds is 5. The van der Waals surface area contributed by atoms with Gasteiger partial charge in [-0.05, 0) is 55.7 Å². The quantitative estimate of drug-likeness (QED) is 0.447. The van der Waals surface area contributed by atoms with Crippen LogP contribution in [0.1, 0.15) is 37.7 Å². The first kappa shape index (κ1) is 19.9. The molecule has 0 aliphatic carbocycles. The van der Waals surface area contributed by atoms with Crippen LogP contribution in [0.2, 0.25) is 5.02 Å². The van der Waals surface area contributed by atoms with Crippen molar-refractivity contribution in [2.45, 2.75) is 32.8 Å². The zero-order valence-corrected chi connectivity index (χ0v) is 17.0. The maximum Gasteiger partial charge on any atom is 0.331 e. The molecule has 1 heterocycles. The highest BCUT2D eigenvalue weighted by molar-refractivity contribution is 6.30. The summed E-state index contributed by atoms with van der Waals surface area (Å²) in [5.41, 5.74) is 3.59. The van der Waals surface area contributed by atoms with E-state index in [0.717, 1.165) is 28.2 Å². The molecule has 0 unspecified atom stereocenters. The third kappa shape index (κ3) is 5.83. The summed E-state index contributed by atoms with van der Waals surface area (Å²) in [5.74, 6) is 0.545. The lowest BCUT2D eigenvalue weighted by atomic mass is 10.1. The van der Waals surface area contributed by atoms with Gasteiger partial charge in [0.25, 0.3) is 0 Å². The SMILES string of the molecule is CC(C)(C)OC(=O)C=Cc1ccc(Cc2ncc(-c3ccc(Cl)cc3)[nH]2)cc1. The average molecular weight is 395 g/mol. The topological polar surface area (TPSA) is 55.0 Å². The second kappa shape index (κ2) is 8.44. The number of carbonyl (C=O) groups excluding carboxylic acids is 1. The minimum atomic E-state index is -0.487. The summed E-state index contributed by atoms with van der Waals surface area (Å²) >= 11 is 5.94. The van der Waals surface area contributed by atoms with Gasteiger partial charge in [-0.15, -0.1) is 0 Å². The van der Waals surface area contributed by atoms with Crippen LogP contribution < -0.4 is 0 Å². The van der Waals surface area contributed by atoms with Crippen LogP contribution in [0.4, 0.5) is 0 Å². The van der Waals surface area contributed by atoms with Crippen LogP contribution in [0.5, 0.6) is 0 Å². The Balaban J connectivity index is 1.62. The monoisotopic (exact) mass is 394 g/mol. The fourth-order valence-corrected chi connectivity index (χ4v) is 2.79. The lowest BCUT2D eigenvalue weighted by Crippen LogP contribution is -2.22. The Morgan fingerprint density at radius 2 is 1.79 bits per heavy atom. The first-order valence-corrected chi connectivity index (χ1v) is 9.46. The minimum absolute atomic E-state index is 0.345. The van der Waals surface area contributed by atoms with Crippen molar-refractivity contribution in [3.8, 4) is 11.3 Å². The molecule has 3 rings (SSSR count). The van der Waals surface area contributed by atoms with Gasteiger partial charge in [-0.1, -0.05) is 48.0 Å². The number of halogens is 1. The number of benzene rings is 2. The third-order valence-corrected chi connectivity index (χ3v) is 4.21. The van der Waals surface area contributed by atoms with Gasteiger partial charge in [0.15, 0.2) is 0 Å². The van der Waals surface area contributed by atoms with Gasteiger partial charge in [0.05, 0.1) is 11.9 Å². The van der Waals surface area contributed by atoms with Crippen molar-refractivity contribution in [1.82, 2.24) is 9.97 Å². The standard InChI is InChI=1S/C23H23ClN2O2/c1-23(2,3)28-22(27)13-8-16-4-6-17(7-5-16)14-21-25-15-20(26-21)18-9-11-19(24)12-10-18/h4-13,15H,14H2,1-3H3,(H,25,26). The highest BCUT2D eigenvalue weighted by Gasteiger charge is 2.13. The normalized spacial score (nSPS) is 11.7. The van der Waals surface area contributed by atoms with Gasteiger partial charge in [-0.25, -0.2) is 9.78 Å². The molecule has 0 atom stereocenters. The molecule has 0 spiro atoms. The second-order valence-corrected chi connectivity index (χ2v) is 7.97. The molecule has 0 aliphatic rings. The fourth-order valence-electron chi connectivity index (χ4n) is 2.67. The van der Waals surface area contributed by atoms with Gasteiger partial charge < -0.3 is 9.72 Å². The summed E-state index contributed by atoms with van der Waals surface area (Å²) in [6.45, 7) is 5.54. The van der Waals surface area contributed by atoms with Gasteiger partial charge in [0.2, 0.25) is 0 Å². The number of aromatic amines is 1. The van der Waals surface area contributed by atoms with Gasteiger partial charge in [0, 0.05) is 17.5 Å². The van der Waals surface area contributed by atoms with Crippen molar-refractivity contribution < 1.29 is 9.53 Å². The van der Waals surface area contributed by atoms with Crippen LogP contribution >= 0.6 is 11.6 Å². The van der Waals surface area contributed by atoms with Crippen molar-refractivity contribution in [1.29, 1.82) is 0 Å². The van der Waals surface area contributed by atoms with E-state index in [2.05, 4.69) is 9.97 Å². The zero-order chi connectivity index (χ0) is 20.1. The van der Waals surface area contributed by atoms with Crippen LogP contribution in [0.15, 0.2) is 60.8 Å². The van der Waals surface area contributed by atoms with Crippen LogP contribution in [-0.4, -0.2) is 21.5 Å². The van der Waals surface area contributed by atoms with Gasteiger partial charge in [-0.3, -0.25) is 0 Å². The lowest BCUT2D eigenvalue weighted by Gasteiger charge is -2.17. The Kier molecular flexibility index (Phi) is 6.00. The van der Waals surface area contributed by atoms with E-state index in [9.17, 15) is 4.79 Å². The van der Waals surface area contributed by atoms with Gasteiger partial charge in [-0.2, -0.15) is 0 Å². The minimum Gasteiger partial charge on any atom is -0.457 e. The van der Waals surface area contributed by atoms with Crippen LogP contribution in [0, 0.1) is 0 Å². The molecule has 1 aromatic heterocycles. The zero-order valence-electron chi connectivity index (χ0n) is 16.2. The fraction of sp³-hybridized carbons (Fsp3) is 0.217. The number of nitrogens with one attached hydrogen (secondary N) is 1. The number of hydrogen-bond donors (Lipinski definition) is 1. The Labute approximate surface area is 170 Å². The predicted octanol–water partition coefficient (Wildman–Crippen LogP) is 5.68. The molecule has 0 saturated carbocycles. The Bertz CT molecular complexity index is 965. The molecule has 5 heteroatoms. The number of ether oxygens (including phenoxy) is 1. The summed E-state index contributed by atoms with van der Waals surface area (Å²) in [6, 6.07) is 15.6. The van der Waals surface area contributed by atoms with E-state index in [-0.39, 0.29) is 5.97 Å². The number of hydrogen-bond acceptors (Lipinski definition) is 3. The summed E-state index contributed by atoms with van der Waals surface area (Å²) < 4.78 is 5.26. The summed E-state index contributed by atoms with van der Waals surface area (Å²) in [4.78, 5) is 19.6. The largest absolute Gasteiger partial charge is 0.457 e. The highest BCUT2D eigenvalue weighted by atomic mass is 35.5. The van der Waals surface area contributed by atoms with E-state index in [1.165, 1.54) is 6.08 Å². The van der Waals surface area contributed by atoms with E-state index in [1.54, 1.807) is 6.08 Å². The molecular formula is C23H23ClN2O2. The number of esters is 1. The Morgan fingerprint density at radius 1 is 1.11 bits per heavy atom. The first-order valence-electron chi connectivity index (χ1n) is 9.08. The molecular weight excluding hydrogens is 372 g/mol. The second-order valence-electron chi connectivity index (χ2n) is 7.54. The molecule has 0 fully saturated rings. The maximum atomic E-state index is 11.7. The molecule has 0 amide bonds. The predicted molar refractivity (Wildman–Crippen MR) is 113 cm³/mol. The van der Waals surface area contributed by atoms with Gasteiger partial charge >= 0.3 is 5.97 Å². The van der Waals surface area contributed by atoms with E-state index >= 15 is 0 Å². The van der Waals surface area contributed by atoms with Crippen LogP contribution in [-0.2, 0) is 16.0 Å². The maximum absolute atomic E-state index is 11.7. The molecule has 0 aliphatic heterocycles. The number of H-pyrrole nitrogens is 1. The van der Waals surface area contributed by atoms with E-state index in [0.29, 0.717) is 11.4 Å². The van der Waals surface area contributed by atoms with Crippen molar-refractivity contribution >= 4 is 23.6 Å². The van der Waals surface area contributed by atoms with Crippen molar-refractivity contribution in [2.24, 2.45) is 0 Å². The molecule has 0 radical (unpaired) electrons. The van der Waals surface area contributed by atoms with E-state index in [4.69, 9.17) is 16.3 Å². The van der Waals surface area contributed by atoms with Crippen molar-refractivity contribution in [3.05, 3.63) is 82.8 Å². The molecule has 0 bridgehead atoms. The van der Waals surface area contributed by atoms with E-state index < -0.39 is 5.60 Å². The number of imidazole rings is 1. The number of aromatic nitrogens is 2. The Morgan fingerprint density at radius 3 is 2.43 bits per heavy atom. The molecule has 1 N–H and O–H groups in total. The van der Waals surface area contributed by atoms with E-state index in [1.807, 2.05) is 75.5 Å². The number of carbonyl (C=O) groups is 1. The molecule has 3 aromatic rings. The molecule has 2 aromatic carbocycles. The number of nitrogens with zero attached hydrogens (tertiary/aromatic N) is 1. The first-order chi connectivity index (χ1) is 13.3. The van der Waals surface area contributed by atoms with Crippen molar-refractivity contribution in [2.75, 3.05) is 0 Å². The summed E-state index contributed by atoms with van der Waals surface area (Å²) in [6.07, 6.45) is 5.73. The lowest BCUT2D eigenvalue weighted by molar-refractivity contribution is -0.148. The Hall–Kier alpha value is -2.85. The van der Waals surface area contributed by atoms with Crippen LogP contribution in [0.25, 0.3) is 17.3 Å². The molecule has 144 valence electrons. The average Bonchev–Trinajstić information content (AvgIpc) is 3.09. The van der Waals surface area contributed by atoms with Crippen LogP contribution in [0.3, 0.4) is 0 Å².